The van der Waals surface area contributed by atoms with Gasteiger partial charge in [0.15, 0.2) is 11.7 Å². The Morgan fingerprint density at radius 1 is 0.619 bits per heavy atom. The Bertz CT molecular complexity index is 4800. The third-order valence-corrected chi connectivity index (χ3v) is 19.6. The largest absolute Gasteiger partial charge is 0.494 e. The van der Waals surface area contributed by atoms with Gasteiger partial charge in [-0.25, -0.2) is 24.4 Å². The van der Waals surface area contributed by atoms with Crippen LogP contribution < -0.4 is 20.1 Å². The molecule has 0 bridgehead atoms. The van der Waals surface area contributed by atoms with Crippen molar-refractivity contribution in [2.45, 2.75) is 74.5 Å². The Kier molecular flexibility index (Phi) is 31.7. The molecule has 0 fully saturated rings. The summed E-state index contributed by atoms with van der Waals surface area (Å²) in [7, 11) is 4.05. The lowest BCUT2D eigenvalue weighted by Crippen LogP contribution is -2.30. The number of hydrogen-bond donors (Lipinski definition) is 5. The van der Waals surface area contributed by atoms with Gasteiger partial charge in [-0.2, -0.15) is 0 Å². The molecule has 5 heterocycles. The highest BCUT2D eigenvalue weighted by molar-refractivity contribution is 7.22. The number of carboxylic acid groups (broad SMARTS) is 1. The smallest absolute Gasteiger partial charge is 0.354 e. The number of anilines is 1. The van der Waals surface area contributed by atoms with Crippen LogP contribution in [0, 0.1) is 6.92 Å². The first-order valence-corrected chi connectivity index (χ1v) is 37.4. The van der Waals surface area contributed by atoms with Gasteiger partial charge in [0.2, 0.25) is 0 Å². The Hall–Kier alpha value is -9.69. The normalized spacial score (nSPS) is 11.0. The Morgan fingerprint density at radius 3 is 1.84 bits per heavy atom. The average Bonchev–Trinajstić information content (AvgIpc) is 1.68. The highest BCUT2D eigenvalue weighted by Gasteiger charge is 2.21. The Balaban J connectivity index is 0.000000167. The first kappa shape index (κ1) is 81.0. The van der Waals surface area contributed by atoms with E-state index in [0.29, 0.717) is 66.6 Å². The third kappa shape index (κ3) is 23.2. The van der Waals surface area contributed by atoms with Crippen LogP contribution in [0.1, 0.15) is 100 Å². The van der Waals surface area contributed by atoms with Crippen LogP contribution >= 0.6 is 45.9 Å². The van der Waals surface area contributed by atoms with Gasteiger partial charge in [0.1, 0.15) is 28.7 Å². The molecule has 12 rings (SSSR count). The van der Waals surface area contributed by atoms with Gasteiger partial charge in [-0.05, 0) is 174 Å². The number of para-hydroxylation sites is 4. The fourth-order valence-corrected chi connectivity index (χ4v) is 13.5. The molecule has 21 nitrogen and oxygen atoms in total. The molecule has 105 heavy (non-hydrogen) atoms. The lowest BCUT2D eigenvalue weighted by Gasteiger charge is -2.19. The second kappa shape index (κ2) is 41.1. The fraction of sp³-hybridized carbons (Fsp3) is 0.312. The van der Waals surface area contributed by atoms with E-state index in [-0.39, 0.29) is 42.2 Å². The zero-order chi connectivity index (χ0) is 75.4. The van der Waals surface area contributed by atoms with Gasteiger partial charge in [0.05, 0.1) is 68.5 Å². The maximum atomic E-state index is 12.4. The quantitative estimate of drug-likeness (QED) is 0.0286. The van der Waals surface area contributed by atoms with Crippen molar-refractivity contribution in [2.24, 2.45) is 0 Å². The molecular weight excluding hydrogens is 1410 g/mol. The predicted octanol–water partition coefficient (Wildman–Crippen LogP) is 15.8. The molecule has 0 unspecified atom stereocenters. The lowest BCUT2D eigenvalue weighted by atomic mass is 10.1. The molecule has 25 heteroatoms. The molecule has 0 saturated heterocycles. The van der Waals surface area contributed by atoms with Crippen molar-refractivity contribution in [1.29, 1.82) is 0 Å². The molecular formula is C80H92Cl2N10O11S2. The van der Waals surface area contributed by atoms with Crippen molar-refractivity contribution in [3.63, 3.8) is 0 Å². The molecule has 7 aromatic carbocycles. The molecule has 554 valence electrons. The molecule has 12 aromatic rings. The number of carbonyl (C=O) groups is 5. The minimum absolute atomic E-state index is 0.0266. The van der Waals surface area contributed by atoms with Crippen molar-refractivity contribution in [3.8, 4) is 11.5 Å². The van der Waals surface area contributed by atoms with Gasteiger partial charge in [0, 0.05) is 79.1 Å². The maximum absolute atomic E-state index is 12.4. The molecule has 0 saturated carbocycles. The highest BCUT2D eigenvalue weighted by Crippen LogP contribution is 2.34. The number of esters is 2. The number of likely N-dealkylation sites (N-methyl/N-ethyl adjacent to an activating group) is 3. The van der Waals surface area contributed by atoms with Crippen molar-refractivity contribution >= 4 is 134 Å². The van der Waals surface area contributed by atoms with Crippen LogP contribution in [-0.4, -0.2) is 172 Å². The molecule has 5 aromatic heterocycles. The Labute approximate surface area is 630 Å². The zero-order valence-corrected chi connectivity index (χ0v) is 63.9. The number of rotatable bonds is 28. The van der Waals surface area contributed by atoms with Crippen LogP contribution in [0.25, 0.3) is 53.1 Å². The minimum Gasteiger partial charge on any atom is -0.494 e. The SMILES string of the molecule is CCN(CCO)Cc1csc2c(Cl)cccc12.CCOC(=O)c1cc2ccccc2n1CCN(C)C.CCOC(=O)c1cc2ccccc2n1CCN(CC)CC.CCOc1ccc2nc(NC(=O)c3ccccc3C(=O)O)sc2c1.Cc1cc(OCC(=O)NCCc2nc3ccccc3[nH]2)ccc1Cl. The summed E-state index contributed by atoms with van der Waals surface area (Å²) in [6.45, 7) is 23.9. The number of halogens is 2. The van der Waals surface area contributed by atoms with Gasteiger partial charge in [-0.15, -0.1) is 11.3 Å². The van der Waals surface area contributed by atoms with Gasteiger partial charge in [0.25, 0.3) is 11.8 Å². The zero-order valence-electron chi connectivity index (χ0n) is 60.8. The number of aromatic amines is 1. The number of aliphatic hydroxyl groups is 1. The number of nitrogens with one attached hydrogen (secondary N) is 3. The molecule has 0 atom stereocenters. The summed E-state index contributed by atoms with van der Waals surface area (Å²) in [5.74, 6) is -0.0919. The van der Waals surface area contributed by atoms with E-state index >= 15 is 0 Å². The van der Waals surface area contributed by atoms with E-state index < -0.39 is 11.9 Å². The summed E-state index contributed by atoms with van der Waals surface area (Å²) in [6.07, 6.45) is 0.639. The van der Waals surface area contributed by atoms with Crippen molar-refractivity contribution in [1.82, 2.24) is 44.1 Å². The average molecular weight is 1500 g/mol. The summed E-state index contributed by atoms with van der Waals surface area (Å²) >= 11 is 15.1. The number of aromatic nitrogens is 5. The summed E-state index contributed by atoms with van der Waals surface area (Å²) in [5.41, 5.74) is 8.37. The van der Waals surface area contributed by atoms with Crippen LogP contribution in [0.3, 0.4) is 0 Å². The maximum Gasteiger partial charge on any atom is 0.354 e. The molecule has 0 spiro atoms. The number of aryl methyl sites for hydroxylation is 1. The highest BCUT2D eigenvalue weighted by atomic mass is 35.5. The summed E-state index contributed by atoms with van der Waals surface area (Å²) in [5, 5.41) is 31.1. The van der Waals surface area contributed by atoms with E-state index in [1.165, 1.54) is 34.4 Å². The number of H-pyrrole nitrogens is 1. The van der Waals surface area contributed by atoms with E-state index in [9.17, 15) is 24.0 Å². The van der Waals surface area contributed by atoms with Crippen LogP contribution in [0.2, 0.25) is 10.0 Å². The number of carboxylic acids is 1. The first-order valence-electron chi connectivity index (χ1n) is 34.9. The van der Waals surface area contributed by atoms with Crippen LogP contribution in [0.5, 0.6) is 11.5 Å². The van der Waals surface area contributed by atoms with E-state index in [4.69, 9.17) is 52.4 Å². The number of aromatic carboxylic acids is 1. The molecule has 5 N–H and O–H groups in total. The first-order chi connectivity index (χ1) is 50.8. The van der Waals surface area contributed by atoms with Gasteiger partial charge in [-0.3, -0.25) is 19.8 Å². The number of ether oxygens (including phenoxy) is 4. The number of fused-ring (bicyclic) bond motifs is 5. The molecule has 0 radical (unpaired) electrons. The van der Waals surface area contributed by atoms with E-state index in [1.807, 2.05) is 162 Å². The van der Waals surface area contributed by atoms with Crippen LogP contribution in [0.15, 0.2) is 169 Å². The van der Waals surface area contributed by atoms with E-state index in [1.54, 1.807) is 35.6 Å². The number of benzene rings is 7. The lowest BCUT2D eigenvalue weighted by molar-refractivity contribution is -0.123. The summed E-state index contributed by atoms with van der Waals surface area (Å²) in [4.78, 5) is 78.3. The number of imidazole rings is 1. The molecule has 0 aliphatic heterocycles. The molecule has 0 aliphatic carbocycles. The van der Waals surface area contributed by atoms with Crippen LogP contribution in [0.4, 0.5) is 5.13 Å². The number of thiazole rings is 1. The van der Waals surface area contributed by atoms with E-state index in [2.05, 4.69) is 83.1 Å². The number of thiophene rings is 1. The number of nitrogens with zero attached hydrogens (tertiary/aromatic N) is 7. The van der Waals surface area contributed by atoms with Gasteiger partial charge >= 0.3 is 17.9 Å². The monoisotopic (exact) mass is 1500 g/mol. The summed E-state index contributed by atoms with van der Waals surface area (Å²) in [6, 6.07) is 50.7. The second-order valence-corrected chi connectivity index (χ2v) is 26.8. The van der Waals surface area contributed by atoms with Gasteiger partial charge < -0.3 is 58.4 Å². The van der Waals surface area contributed by atoms with Gasteiger partial charge in [-0.1, -0.05) is 128 Å². The van der Waals surface area contributed by atoms with Crippen LogP contribution in [-0.2, 0) is 40.3 Å². The fourth-order valence-electron chi connectivity index (χ4n) is 11.3. The standard InChI is InChI=1S/C18H18ClN3O2.C17H14N2O4S.C17H24N2O2.C15H20N2O2.C13H16ClNOS/c1-12-10-13(6-7-14(12)19)24-11-18(23)20-9-8-17-21-15-4-2-3-5-16(15)22-17;1-2-23-10-7-8-13-14(9-10)24-17(18-13)19-15(20)11-5-3-4-6-12(11)16(21)22;1-4-18(5-2)11-12-19-15-10-8-7-9-14(15)13-16(19)17(20)21-6-3;1-4-19-15(18)14-11-12-7-5-6-8-13(12)17(14)10-9-16(2)3;1-2-15(6-7-16)8-10-9-17-13-11(10)4-3-5-12(13)14/h2-7,10H,8-9,11H2,1H3,(H,20,23)(H,21,22);3-9H,2H2,1H3,(H,21,22)(H,18,19,20);7-10,13H,4-6,11-12H2,1-3H3;5-8,11H,4,9-10H2,1-3H3;3-5,9,16H,2,6-8H2,1H3. The number of hydrogen-bond acceptors (Lipinski definition) is 17. The predicted molar refractivity (Wildman–Crippen MR) is 424 cm³/mol. The number of amides is 2. The number of carbonyl (C=O) groups excluding carboxylic acids is 4. The number of aliphatic hydroxyl groups excluding tert-OH is 1. The molecule has 0 aliphatic rings. The summed E-state index contributed by atoms with van der Waals surface area (Å²) < 4.78 is 27.4. The topological polar surface area (TPSA) is 248 Å². The van der Waals surface area contributed by atoms with Crippen molar-refractivity contribution < 1.29 is 53.1 Å². The van der Waals surface area contributed by atoms with Crippen molar-refractivity contribution in [3.05, 3.63) is 219 Å². The molecule has 2 amide bonds. The van der Waals surface area contributed by atoms with E-state index in [0.717, 1.165) is 122 Å². The minimum atomic E-state index is -1.15. The second-order valence-electron chi connectivity index (χ2n) is 24.1. The third-order valence-electron chi connectivity index (χ3n) is 16.7. The Morgan fingerprint density at radius 2 is 1.23 bits per heavy atom. The van der Waals surface area contributed by atoms with Crippen molar-refractivity contribution in [2.75, 3.05) is 98.3 Å².